The molecule has 6 rings (SSSR count). The van der Waals surface area contributed by atoms with E-state index in [1.54, 1.807) is 12.1 Å². The van der Waals surface area contributed by atoms with Gasteiger partial charge >= 0.3 is 0 Å². The van der Waals surface area contributed by atoms with Crippen LogP contribution in [0.2, 0.25) is 0 Å². The molecule has 0 bridgehead atoms. The Morgan fingerprint density at radius 2 is 2.05 bits per heavy atom. The zero-order valence-electron chi connectivity index (χ0n) is 20.2. The highest BCUT2D eigenvalue weighted by atomic mass is 32.2. The van der Waals surface area contributed by atoms with Crippen LogP contribution in [0.1, 0.15) is 5.76 Å². The Morgan fingerprint density at radius 1 is 1.24 bits per heavy atom. The van der Waals surface area contributed by atoms with Crippen molar-refractivity contribution in [3.05, 3.63) is 48.2 Å². The lowest BCUT2D eigenvalue weighted by Crippen LogP contribution is -2.52. The lowest BCUT2D eigenvalue weighted by atomic mass is 10.1. The molecule has 4 aromatic rings. The summed E-state index contributed by atoms with van der Waals surface area (Å²) in [6.45, 7) is 1.34. The molecule has 0 radical (unpaired) electrons. The number of nitrogens with zero attached hydrogens (tertiary/aromatic N) is 7. The van der Waals surface area contributed by atoms with Crippen molar-refractivity contribution in [3.8, 4) is 17.4 Å². The third kappa shape index (κ3) is 4.86. The van der Waals surface area contributed by atoms with Crippen LogP contribution >= 0.6 is 0 Å². The highest BCUT2D eigenvalue weighted by Crippen LogP contribution is 2.29. The van der Waals surface area contributed by atoms with Crippen molar-refractivity contribution >= 4 is 39.2 Å². The van der Waals surface area contributed by atoms with Gasteiger partial charge < -0.3 is 18.9 Å². The van der Waals surface area contributed by atoms with Gasteiger partial charge in [-0.05, 0) is 12.1 Å². The van der Waals surface area contributed by atoms with Gasteiger partial charge in [0.2, 0.25) is 17.6 Å². The summed E-state index contributed by atoms with van der Waals surface area (Å²) in [7, 11) is 0. The fourth-order valence-corrected chi connectivity index (χ4v) is 5.31. The second kappa shape index (κ2) is 10.5. The molecule has 0 aliphatic carbocycles. The van der Waals surface area contributed by atoms with Gasteiger partial charge in [0.15, 0.2) is 17.1 Å². The van der Waals surface area contributed by atoms with E-state index in [9.17, 15) is 14.5 Å². The molecular formula is C24H24N8O5S. The van der Waals surface area contributed by atoms with Crippen molar-refractivity contribution in [1.29, 1.82) is 0 Å². The van der Waals surface area contributed by atoms with Gasteiger partial charge in [-0.2, -0.15) is 4.52 Å². The van der Waals surface area contributed by atoms with Crippen molar-refractivity contribution in [2.24, 2.45) is 10.9 Å². The first kappa shape index (κ1) is 24.5. The summed E-state index contributed by atoms with van der Waals surface area (Å²) in [5, 5.41) is 29.8. The molecule has 2 aliphatic heterocycles. The molecule has 1 unspecified atom stereocenters. The number of aliphatic hydroxyl groups excluding tert-OH is 1. The molecule has 0 saturated carbocycles. The van der Waals surface area contributed by atoms with Gasteiger partial charge in [0.05, 0.1) is 31.3 Å². The summed E-state index contributed by atoms with van der Waals surface area (Å²) in [6, 6.07) is 9.15. The lowest BCUT2D eigenvalue weighted by molar-refractivity contribution is -0.128. The molecular weight excluding hydrogens is 512 g/mol. The summed E-state index contributed by atoms with van der Waals surface area (Å²) in [5.41, 5.74) is 4.49. The van der Waals surface area contributed by atoms with Crippen molar-refractivity contribution in [1.82, 2.24) is 35.4 Å². The monoisotopic (exact) mass is 536 g/mol. The molecule has 2 N–H and O–H groups in total. The summed E-state index contributed by atoms with van der Waals surface area (Å²) in [4.78, 5) is 17.2. The second-order valence-corrected chi connectivity index (χ2v) is 10.5. The maximum absolute atomic E-state index is 12.6. The van der Waals surface area contributed by atoms with E-state index in [1.165, 1.54) is 4.52 Å². The molecule has 3 aromatic heterocycles. The highest BCUT2D eigenvalue weighted by Gasteiger charge is 2.25. The number of aliphatic hydroxyl groups is 1. The molecule has 5 heterocycles. The van der Waals surface area contributed by atoms with Gasteiger partial charge in [0, 0.05) is 16.8 Å². The minimum absolute atomic E-state index is 0.131. The first-order chi connectivity index (χ1) is 18.6. The number of hydrogen-bond acceptors (Lipinski definition) is 11. The normalized spacial score (nSPS) is 18.7. The number of hydrazine groups is 1. The number of benzene rings is 1. The minimum Gasteiger partial charge on any atom is -0.616 e. The van der Waals surface area contributed by atoms with Crippen LogP contribution in [-0.2, 0) is 22.6 Å². The van der Waals surface area contributed by atoms with E-state index in [4.69, 9.17) is 9.26 Å². The number of hydrogen-bond donors (Lipinski definition) is 2. The molecule has 14 heteroatoms. The number of rotatable bonds is 7. The Hall–Kier alpha value is -3.85. The van der Waals surface area contributed by atoms with Crippen LogP contribution in [0, 0.1) is 5.92 Å². The zero-order valence-corrected chi connectivity index (χ0v) is 21.0. The minimum atomic E-state index is -0.802. The lowest BCUT2D eigenvalue weighted by Gasteiger charge is -2.29. The van der Waals surface area contributed by atoms with Gasteiger partial charge in [-0.25, -0.2) is 5.01 Å². The van der Waals surface area contributed by atoms with Crippen molar-refractivity contribution in [2.45, 2.75) is 6.61 Å². The topological polar surface area (TPSA) is 166 Å². The zero-order chi connectivity index (χ0) is 26.1. The average molecular weight is 537 g/mol. The maximum atomic E-state index is 12.6. The Morgan fingerprint density at radius 3 is 2.79 bits per heavy atom. The average Bonchev–Trinajstić information content (AvgIpc) is 3.60. The van der Waals surface area contributed by atoms with Crippen molar-refractivity contribution in [3.63, 3.8) is 0 Å². The molecule has 1 fully saturated rings. The van der Waals surface area contributed by atoms with Crippen LogP contribution in [0.3, 0.4) is 0 Å². The Balaban J connectivity index is 1.17. The molecule has 1 saturated heterocycles. The highest BCUT2D eigenvalue weighted by molar-refractivity contribution is 7.91. The van der Waals surface area contributed by atoms with Gasteiger partial charge in [0.1, 0.15) is 24.7 Å². The molecule has 0 spiro atoms. The molecule has 1 atom stereocenters. The number of carbonyl (C=O) groups is 1. The van der Waals surface area contributed by atoms with Crippen molar-refractivity contribution < 1.29 is 23.7 Å². The smallest absolute Gasteiger partial charge is 0.243 e. The maximum Gasteiger partial charge on any atom is 0.243 e. The summed E-state index contributed by atoms with van der Waals surface area (Å²) in [5.74, 6) is 1.62. The van der Waals surface area contributed by atoms with E-state index in [1.807, 2.05) is 35.4 Å². The fraction of sp³-hybridized carbons (Fsp3) is 0.333. The number of amides is 1. The number of aliphatic imine (C=N–C) groups is 1. The van der Waals surface area contributed by atoms with Gasteiger partial charge in [0.25, 0.3) is 0 Å². The quantitative estimate of drug-likeness (QED) is 0.318. The SMILES string of the molecule is O=C(NN1CC[S+]([O-])CC1)C1C=CC(COc2nn3c(-c4cc(CO)on4)nnc3c3ccccc23)=NC1. The van der Waals surface area contributed by atoms with E-state index in [0.717, 1.165) is 10.8 Å². The molecule has 1 amide bonds. The van der Waals surface area contributed by atoms with Crippen molar-refractivity contribution in [2.75, 3.05) is 37.7 Å². The fourth-order valence-electron chi connectivity index (χ4n) is 4.26. The third-order valence-electron chi connectivity index (χ3n) is 6.33. The predicted molar refractivity (Wildman–Crippen MR) is 138 cm³/mol. The summed E-state index contributed by atoms with van der Waals surface area (Å²) < 4.78 is 24.2. The number of fused-ring (bicyclic) bond motifs is 3. The first-order valence-corrected chi connectivity index (χ1v) is 13.5. The number of aromatic nitrogens is 5. The van der Waals surface area contributed by atoms with Crippen LogP contribution in [0.4, 0.5) is 0 Å². The summed E-state index contributed by atoms with van der Waals surface area (Å²) in [6.07, 6.45) is 3.61. The standard InChI is InChI=1S/C24H24N8O5S/c33-13-17-11-20(30-37-17)22-27-26-21-18-3-1-2-4-19(18)24(29-32(21)22)36-14-16-6-5-15(12-25-16)23(34)28-31-7-9-38(35)10-8-31/h1-6,11,15,33H,7-10,12-14H2,(H,28,34). The molecule has 1 aromatic carbocycles. The van der Waals surface area contributed by atoms with Crippen LogP contribution in [0.15, 0.2) is 52.0 Å². The molecule has 196 valence electrons. The Bertz CT molecular complexity index is 1540. The van der Waals surface area contributed by atoms with Gasteiger partial charge in [-0.3, -0.25) is 15.2 Å². The predicted octanol–water partition coefficient (Wildman–Crippen LogP) is 0.526. The summed E-state index contributed by atoms with van der Waals surface area (Å²) >= 11 is -0.802. The second-order valence-electron chi connectivity index (χ2n) is 8.84. The Labute approximate surface area is 219 Å². The number of dihydropyridines is 1. The molecule has 2 aliphatic rings. The van der Waals surface area contributed by atoms with E-state index >= 15 is 0 Å². The van der Waals surface area contributed by atoms with Crippen LogP contribution in [-0.4, -0.2) is 89.0 Å². The largest absolute Gasteiger partial charge is 0.616 e. The molecule has 13 nitrogen and oxygen atoms in total. The number of carbonyl (C=O) groups excluding carboxylic acids is 1. The van der Waals surface area contributed by atoms with E-state index < -0.39 is 11.2 Å². The number of nitrogens with one attached hydrogen (secondary N) is 1. The van der Waals surface area contributed by atoms with Crippen LogP contribution in [0.25, 0.3) is 27.9 Å². The van der Waals surface area contributed by atoms with Gasteiger partial charge in [-0.1, -0.05) is 40.6 Å². The van der Waals surface area contributed by atoms with E-state index in [2.05, 4.69) is 30.9 Å². The Kier molecular flexibility index (Phi) is 6.76. The van der Waals surface area contributed by atoms with E-state index in [0.29, 0.717) is 65.7 Å². The first-order valence-electron chi connectivity index (χ1n) is 12.0. The van der Waals surface area contributed by atoms with Crippen LogP contribution in [0.5, 0.6) is 5.88 Å². The van der Waals surface area contributed by atoms with E-state index in [-0.39, 0.29) is 25.0 Å². The number of ether oxygens (including phenoxy) is 1. The van der Waals surface area contributed by atoms with Crippen LogP contribution < -0.4 is 10.2 Å². The van der Waals surface area contributed by atoms with Gasteiger partial charge in [-0.15, -0.1) is 15.3 Å². The molecule has 38 heavy (non-hydrogen) atoms. The third-order valence-corrected chi connectivity index (χ3v) is 7.60.